The van der Waals surface area contributed by atoms with Crippen LogP contribution in [0.15, 0.2) is 42.6 Å². The van der Waals surface area contributed by atoms with Gasteiger partial charge in [0, 0.05) is 11.9 Å². The third kappa shape index (κ3) is 3.61. The van der Waals surface area contributed by atoms with E-state index in [-0.39, 0.29) is 5.91 Å². The van der Waals surface area contributed by atoms with Gasteiger partial charge in [0.05, 0.1) is 5.56 Å². The third-order valence-electron chi connectivity index (χ3n) is 2.74. The quantitative estimate of drug-likeness (QED) is 0.854. The molecule has 1 aromatic heterocycles. The van der Waals surface area contributed by atoms with Crippen molar-refractivity contribution in [2.75, 3.05) is 5.32 Å². The minimum atomic E-state index is -0.597. The fourth-order valence-corrected chi connectivity index (χ4v) is 1.76. The number of anilines is 1. The van der Waals surface area contributed by atoms with E-state index in [1.807, 2.05) is 24.3 Å². The third-order valence-corrected chi connectivity index (χ3v) is 2.74. The maximum Gasteiger partial charge on any atom is 0.257 e. The molecule has 1 amide bonds. The van der Waals surface area contributed by atoms with E-state index < -0.39 is 5.95 Å². The first-order chi connectivity index (χ1) is 9.19. The van der Waals surface area contributed by atoms with Crippen molar-refractivity contribution in [3.8, 4) is 0 Å². The minimum absolute atomic E-state index is 0.296. The van der Waals surface area contributed by atoms with E-state index in [9.17, 15) is 9.18 Å². The van der Waals surface area contributed by atoms with Gasteiger partial charge < -0.3 is 5.32 Å². The molecule has 1 heterocycles. The molecule has 2 aromatic rings. The summed E-state index contributed by atoms with van der Waals surface area (Å²) in [4.78, 5) is 15.3. The molecule has 0 aliphatic carbocycles. The summed E-state index contributed by atoms with van der Waals surface area (Å²) in [5, 5.41) is 2.75. The van der Waals surface area contributed by atoms with Crippen LogP contribution in [0.3, 0.4) is 0 Å². The summed E-state index contributed by atoms with van der Waals surface area (Å²) in [7, 11) is 0. The van der Waals surface area contributed by atoms with Crippen molar-refractivity contribution < 1.29 is 9.18 Å². The number of nitrogens with one attached hydrogen (secondary N) is 1. The molecule has 19 heavy (non-hydrogen) atoms. The zero-order valence-corrected chi connectivity index (χ0v) is 10.7. The number of benzene rings is 1. The average Bonchev–Trinajstić information content (AvgIpc) is 2.42. The molecule has 0 unspecified atom stereocenters. The number of halogens is 1. The van der Waals surface area contributed by atoms with Gasteiger partial charge in [0.25, 0.3) is 5.91 Å². The van der Waals surface area contributed by atoms with Crippen LogP contribution in [0.1, 0.15) is 29.3 Å². The van der Waals surface area contributed by atoms with Gasteiger partial charge in [-0.2, -0.15) is 4.39 Å². The first-order valence-corrected chi connectivity index (χ1v) is 6.21. The van der Waals surface area contributed by atoms with Crippen LogP contribution in [0.2, 0.25) is 0 Å². The Balaban J connectivity index is 2.04. The average molecular weight is 258 g/mol. The Morgan fingerprint density at radius 3 is 2.53 bits per heavy atom. The van der Waals surface area contributed by atoms with Gasteiger partial charge in [0.15, 0.2) is 0 Å². The molecule has 0 radical (unpaired) electrons. The molecule has 98 valence electrons. The Labute approximate surface area is 111 Å². The highest BCUT2D eigenvalue weighted by Gasteiger charge is 2.06. The number of nitrogens with zero attached hydrogens (tertiary/aromatic N) is 1. The summed E-state index contributed by atoms with van der Waals surface area (Å²) in [6.45, 7) is 2.12. The predicted octanol–water partition coefficient (Wildman–Crippen LogP) is 3.43. The highest BCUT2D eigenvalue weighted by Crippen LogP contribution is 2.12. The van der Waals surface area contributed by atoms with Crippen LogP contribution in [-0.2, 0) is 6.42 Å². The maximum atomic E-state index is 12.7. The Bertz CT molecular complexity index is 549. The second kappa shape index (κ2) is 6.09. The summed E-state index contributed by atoms with van der Waals surface area (Å²) in [5.41, 5.74) is 2.29. The van der Waals surface area contributed by atoms with Gasteiger partial charge in [-0.25, -0.2) is 4.98 Å². The lowest BCUT2D eigenvalue weighted by Gasteiger charge is -2.06. The first-order valence-electron chi connectivity index (χ1n) is 6.21. The van der Waals surface area contributed by atoms with Crippen LogP contribution in [0.4, 0.5) is 10.1 Å². The summed E-state index contributed by atoms with van der Waals surface area (Å²) < 4.78 is 12.7. The lowest BCUT2D eigenvalue weighted by Crippen LogP contribution is -2.12. The second-order valence-electron chi connectivity index (χ2n) is 4.27. The van der Waals surface area contributed by atoms with Crippen molar-refractivity contribution in [3.63, 3.8) is 0 Å². The van der Waals surface area contributed by atoms with Gasteiger partial charge in [0.2, 0.25) is 5.95 Å². The fourth-order valence-electron chi connectivity index (χ4n) is 1.76. The molecule has 0 aliphatic heterocycles. The van der Waals surface area contributed by atoms with Crippen LogP contribution in [0.5, 0.6) is 0 Å². The van der Waals surface area contributed by atoms with Crippen LogP contribution in [0.25, 0.3) is 0 Å². The van der Waals surface area contributed by atoms with Crippen LogP contribution in [0, 0.1) is 5.95 Å². The van der Waals surface area contributed by atoms with E-state index in [2.05, 4.69) is 17.2 Å². The fraction of sp³-hybridized carbons (Fsp3) is 0.200. The number of hydrogen-bond acceptors (Lipinski definition) is 2. The Morgan fingerprint density at radius 2 is 1.95 bits per heavy atom. The standard InChI is InChI=1S/C15H15FN2O/c1-2-3-11-4-7-13(8-5-11)18-15(19)12-6-9-14(16)17-10-12/h4-10H,2-3H2,1H3,(H,18,19). The van der Waals surface area contributed by atoms with Crippen molar-refractivity contribution in [3.05, 3.63) is 59.7 Å². The van der Waals surface area contributed by atoms with Gasteiger partial charge in [-0.05, 0) is 36.2 Å². The van der Waals surface area contributed by atoms with E-state index in [0.29, 0.717) is 11.3 Å². The van der Waals surface area contributed by atoms with Crippen LogP contribution in [-0.4, -0.2) is 10.9 Å². The van der Waals surface area contributed by atoms with E-state index >= 15 is 0 Å². The predicted molar refractivity (Wildman–Crippen MR) is 72.6 cm³/mol. The molecule has 0 spiro atoms. The Morgan fingerprint density at radius 1 is 1.21 bits per heavy atom. The zero-order valence-electron chi connectivity index (χ0n) is 10.7. The van der Waals surface area contributed by atoms with E-state index in [1.165, 1.54) is 23.9 Å². The van der Waals surface area contributed by atoms with Gasteiger partial charge >= 0.3 is 0 Å². The van der Waals surface area contributed by atoms with E-state index in [1.54, 1.807) is 0 Å². The minimum Gasteiger partial charge on any atom is -0.322 e. The monoisotopic (exact) mass is 258 g/mol. The number of aryl methyl sites for hydroxylation is 1. The van der Waals surface area contributed by atoms with Crippen molar-refractivity contribution in [1.29, 1.82) is 0 Å². The van der Waals surface area contributed by atoms with Gasteiger partial charge in [-0.3, -0.25) is 4.79 Å². The molecule has 0 aliphatic rings. The maximum absolute atomic E-state index is 12.7. The van der Waals surface area contributed by atoms with Crippen LogP contribution < -0.4 is 5.32 Å². The van der Waals surface area contributed by atoms with Crippen molar-refractivity contribution in [2.24, 2.45) is 0 Å². The lowest BCUT2D eigenvalue weighted by atomic mass is 10.1. The SMILES string of the molecule is CCCc1ccc(NC(=O)c2ccc(F)nc2)cc1. The summed E-state index contributed by atoms with van der Waals surface area (Å²) in [5.74, 6) is -0.892. The largest absolute Gasteiger partial charge is 0.322 e. The van der Waals surface area contributed by atoms with E-state index in [4.69, 9.17) is 0 Å². The van der Waals surface area contributed by atoms with Crippen molar-refractivity contribution >= 4 is 11.6 Å². The highest BCUT2D eigenvalue weighted by atomic mass is 19.1. The molecule has 0 saturated heterocycles. The van der Waals surface area contributed by atoms with E-state index in [0.717, 1.165) is 12.8 Å². The summed E-state index contributed by atoms with van der Waals surface area (Å²) in [6, 6.07) is 10.3. The molecular weight excluding hydrogens is 243 g/mol. The summed E-state index contributed by atoms with van der Waals surface area (Å²) >= 11 is 0. The summed E-state index contributed by atoms with van der Waals surface area (Å²) in [6.07, 6.45) is 3.33. The molecule has 0 atom stereocenters. The molecule has 1 aromatic carbocycles. The van der Waals surface area contributed by atoms with Gasteiger partial charge in [-0.15, -0.1) is 0 Å². The number of rotatable bonds is 4. The second-order valence-corrected chi connectivity index (χ2v) is 4.27. The molecule has 2 rings (SSSR count). The number of carbonyl (C=O) groups is 1. The zero-order chi connectivity index (χ0) is 13.7. The molecule has 0 fully saturated rings. The van der Waals surface area contributed by atoms with Gasteiger partial charge in [-0.1, -0.05) is 25.5 Å². The molecule has 1 N–H and O–H groups in total. The number of aromatic nitrogens is 1. The molecular formula is C15H15FN2O. The Hall–Kier alpha value is -2.23. The number of hydrogen-bond donors (Lipinski definition) is 1. The van der Waals surface area contributed by atoms with Crippen LogP contribution >= 0.6 is 0 Å². The first kappa shape index (κ1) is 13.2. The van der Waals surface area contributed by atoms with Crippen molar-refractivity contribution in [2.45, 2.75) is 19.8 Å². The smallest absolute Gasteiger partial charge is 0.257 e. The Kier molecular flexibility index (Phi) is 4.23. The molecule has 3 nitrogen and oxygen atoms in total. The number of amides is 1. The normalized spacial score (nSPS) is 10.2. The molecule has 4 heteroatoms. The van der Waals surface area contributed by atoms with Crippen molar-refractivity contribution in [1.82, 2.24) is 4.98 Å². The highest BCUT2D eigenvalue weighted by molar-refractivity contribution is 6.03. The lowest BCUT2D eigenvalue weighted by molar-refractivity contribution is 0.102. The molecule has 0 bridgehead atoms. The number of pyridine rings is 1. The van der Waals surface area contributed by atoms with Gasteiger partial charge in [0.1, 0.15) is 0 Å². The molecule has 0 saturated carbocycles. The number of carbonyl (C=O) groups excluding carboxylic acids is 1. The topological polar surface area (TPSA) is 42.0 Å².